The quantitative estimate of drug-likeness (QED) is 0.573. The van der Waals surface area contributed by atoms with Crippen molar-refractivity contribution in [2.24, 2.45) is 16.8 Å². The first kappa shape index (κ1) is 17.5. The van der Waals surface area contributed by atoms with E-state index in [2.05, 4.69) is 34.4 Å². The molecule has 0 radical (unpaired) electrons. The summed E-state index contributed by atoms with van der Waals surface area (Å²) in [4.78, 5) is 6.69. The van der Waals surface area contributed by atoms with Crippen molar-refractivity contribution in [2.45, 2.75) is 32.7 Å². The zero-order valence-corrected chi connectivity index (χ0v) is 14.8. The average Bonchev–Trinajstić information content (AvgIpc) is 2.75. The molecule has 22 heavy (non-hydrogen) atoms. The summed E-state index contributed by atoms with van der Waals surface area (Å²) in [5.41, 5.74) is 0. The third-order valence-corrected chi connectivity index (χ3v) is 6.23. The summed E-state index contributed by atoms with van der Waals surface area (Å²) in [6.45, 7) is 8.79. The van der Waals surface area contributed by atoms with Crippen LogP contribution in [0.1, 0.15) is 26.7 Å². The fourth-order valence-corrected chi connectivity index (χ4v) is 5.28. The van der Waals surface area contributed by atoms with Gasteiger partial charge in [-0.1, -0.05) is 13.8 Å². The number of aliphatic imine (C=N–C) groups is 1. The molecule has 0 aromatic rings. The Hall–Kier alpha value is -0.820. The lowest BCUT2D eigenvalue weighted by Crippen LogP contribution is -2.47. The van der Waals surface area contributed by atoms with Crippen LogP contribution in [-0.4, -0.2) is 70.1 Å². The molecule has 0 amide bonds. The summed E-state index contributed by atoms with van der Waals surface area (Å²) in [6.07, 6.45) is 1.99. The molecule has 7 heteroatoms. The number of sulfone groups is 1. The van der Waals surface area contributed by atoms with E-state index in [0.717, 1.165) is 24.9 Å². The van der Waals surface area contributed by atoms with E-state index in [1.165, 1.54) is 19.5 Å². The molecule has 3 atom stereocenters. The molecule has 2 saturated heterocycles. The molecule has 0 aromatic carbocycles. The van der Waals surface area contributed by atoms with Crippen LogP contribution in [-0.2, 0) is 9.84 Å². The predicted octanol–water partition coefficient (Wildman–Crippen LogP) is 0.316. The summed E-state index contributed by atoms with van der Waals surface area (Å²) >= 11 is 0. The van der Waals surface area contributed by atoms with Crippen molar-refractivity contribution in [1.29, 1.82) is 0 Å². The first-order chi connectivity index (χ1) is 10.4. The summed E-state index contributed by atoms with van der Waals surface area (Å²) in [7, 11) is -1.13. The number of hydrogen-bond donors (Lipinski definition) is 2. The number of likely N-dealkylation sites (tertiary alicyclic amines) is 1. The fourth-order valence-electron chi connectivity index (χ4n) is 3.60. The molecule has 0 aromatic heterocycles. The number of piperidine rings is 1. The Morgan fingerprint density at radius 1 is 1.27 bits per heavy atom. The predicted molar refractivity (Wildman–Crippen MR) is 90.9 cm³/mol. The highest BCUT2D eigenvalue weighted by Gasteiger charge is 2.28. The highest BCUT2D eigenvalue weighted by Crippen LogP contribution is 2.20. The van der Waals surface area contributed by atoms with Crippen LogP contribution in [0.3, 0.4) is 0 Å². The van der Waals surface area contributed by atoms with Crippen LogP contribution < -0.4 is 10.6 Å². The van der Waals surface area contributed by atoms with Crippen LogP contribution in [0.25, 0.3) is 0 Å². The lowest BCUT2D eigenvalue weighted by Gasteiger charge is -2.35. The normalized spacial score (nSPS) is 32.9. The van der Waals surface area contributed by atoms with E-state index in [9.17, 15) is 8.42 Å². The first-order valence-electron chi connectivity index (χ1n) is 8.28. The topological polar surface area (TPSA) is 73.8 Å². The second kappa shape index (κ2) is 7.64. The first-order valence-corrected chi connectivity index (χ1v) is 10.1. The highest BCUT2D eigenvalue weighted by atomic mass is 32.2. The monoisotopic (exact) mass is 330 g/mol. The van der Waals surface area contributed by atoms with Crippen LogP contribution in [0, 0.1) is 11.8 Å². The maximum atomic E-state index is 11.5. The van der Waals surface area contributed by atoms with Gasteiger partial charge in [-0.15, -0.1) is 0 Å². The Morgan fingerprint density at radius 2 is 1.95 bits per heavy atom. The molecule has 2 rings (SSSR count). The molecule has 0 spiro atoms. The van der Waals surface area contributed by atoms with Crippen molar-refractivity contribution in [3.8, 4) is 0 Å². The average molecular weight is 330 g/mol. The number of hydrogen-bond acceptors (Lipinski definition) is 4. The van der Waals surface area contributed by atoms with Crippen LogP contribution in [0.4, 0.5) is 0 Å². The Labute approximate surface area is 134 Å². The lowest BCUT2D eigenvalue weighted by molar-refractivity contribution is 0.143. The second-order valence-corrected chi connectivity index (χ2v) is 9.18. The van der Waals surface area contributed by atoms with E-state index >= 15 is 0 Å². The molecule has 2 N–H and O–H groups in total. The van der Waals surface area contributed by atoms with Gasteiger partial charge in [0.25, 0.3) is 0 Å². The molecule has 6 nitrogen and oxygen atoms in total. The van der Waals surface area contributed by atoms with Crippen molar-refractivity contribution in [3.63, 3.8) is 0 Å². The van der Waals surface area contributed by atoms with E-state index < -0.39 is 9.84 Å². The molecule has 3 unspecified atom stereocenters. The molecule has 2 aliphatic heterocycles. The summed E-state index contributed by atoms with van der Waals surface area (Å²) < 4.78 is 23.0. The van der Waals surface area contributed by atoms with E-state index in [-0.39, 0.29) is 17.5 Å². The van der Waals surface area contributed by atoms with Gasteiger partial charge < -0.3 is 15.5 Å². The van der Waals surface area contributed by atoms with Gasteiger partial charge in [0.1, 0.15) is 0 Å². The van der Waals surface area contributed by atoms with E-state index in [1.54, 1.807) is 7.05 Å². The van der Waals surface area contributed by atoms with Crippen LogP contribution in [0.2, 0.25) is 0 Å². The minimum absolute atomic E-state index is 0.00812. The zero-order chi connectivity index (χ0) is 16.2. The van der Waals surface area contributed by atoms with Gasteiger partial charge in [-0.05, 0) is 24.7 Å². The van der Waals surface area contributed by atoms with Crippen LogP contribution >= 0.6 is 0 Å². The summed E-state index contributed by atoms with van der Waals surface area (Å²) in [6, 6.07) is -0.00812. The minimum atomic E-state index is -2.85. The molecule has 0 aliphatic carbocycles. The molecular formula is C15H30N4O2S. The second-order valence-electron chi connectivity index (χ2n) is 6.95. The van der Waals surface area contributed by atoms with E-state index in [4.69, 9.17) is 0 Å². The Bertz CT molecular complexity index is 482. The fraction of sp³-hybridized carbons (Fsp3) is 0.933. The smallest absolute Gasteiger partial charge is 0.191 e. The lowest BCUT2D eigenvalue weighted by atomic mass is 9.92. The van der Waals surface area contributed by atoms with Gasteiger partial charge in [0, 0.05) is 39.3 Å². The number of guanidine groups is 1. The molecule has 0 saturated carbocycles. The van der Waals surface area contributed by atoms with Crippen LogP contribution in [0.5, 0.6) is 0 Å². The Balaban J connectivity index is 1.71. The van der Waals surface area contributed by atoms with Crippen LogP contribution in [0.15, 0.2) is 4.99 Å². The highest BCUT2D eigenvalue weighted by molar-refractivity contribution is 7.91. The molecule has 2 heterocycles. The van der Waals surface area contributed by atoms with Gasteiger partial charge in [-0.25, -0.2) is 8.42 Å². The van der Waals surface area contributed by atoms with Crippen molar-refractivity contribution >= 4 is 15.8 Å². The SMILES string of the molecule is CN=C(NCCN1CC(C)CC(C)C1)NC1CCS(=O)(=O)C1. The molecule has 0 bridgehead atoms. The van der Waals surface area contributed by atoms with Crippen molar-refractivity contribution < 1.29 is 8.42 Å². The standard InChI is InChI=1S/C15H30N4O2S/c1-12-8-13(2)10-19(9-12)6-5-17-15(16-3)18-14-4-7-22(20,21)11-14/h12-14H,4-11H2,1-3H3,(H2,16,17,18). The van der Waals surface area contributed by atoms with Crippen molar-refractivity contribution in [1.82, 2.24) is 15.5 Å². The van der Waals surface area contributed by atoms with Gasteiger partial charge in [0.05, 0.1) is 11.5 Å². The third-order valence-electron chi connectivity index (χ3n) is 4.46. The van der Waals surface area contributed by atoms with Gasteiger partial charge in [-0.2, -0.15) is 0 Å². The molecule has 128 valence electrons. The number of nitrogens with one attached hydrogen (secondary N) is 2. The van der Waals surface area contributed by atoms with E-state index in [1.807, 2.05) is 0 Å². The van der Waals surface area contributed by atoms with Crippen molar-refractivity contribution in [3.05, 3.63) is 0 Å². The number of rotatable bonds is 4. The summed E-state index contributed by atoms with van der Waals surface area (Å²) in [5, 5.41) is 6.52. The number of nitrogens with zero attached hydrogens (tertiary/aromatic N) is 2. The minimum Gasteiger partial charge on any atom is -0.355 e. The van der Waals surface area contributed by atoms with Crippen molar-refractivity contribution in [2.75, 3.05) is 44.7 Å². The van der Waals surface area contributed by atoms with Gasteiger partial charge in [-0.3, -0.25) is 4.99 Å². The molecule has 2 fully saturated rings. The van der Waals surface area contributed by atoms with Gasteiger partial charge in [0.15, 0.2) is 15.8 Å². The van der Waals surface area contributed by atoms with Gasteiger partial charge in [0.2, 0.25) is 0 Å². The van der Waals surface area contributed by atoms with E-state index in [0.29, 0.717) is 12.4 Å². The largest absolute Gasteiger partial charge is 0.355 e. The third kappa shape index (κ3) is 5.43. The molecule has 2 aliphatic rings. The zero-order valence-electron chi connectivity index (χ0n) is 14.0. The summed E-state index contributed by atoms with van der Waals surface area (Å²) in [5.74, 6) is 2.75. The van der Waals surface area contributed by atoms with Gasteiger partial charge >= 0.3 is 0 Å². The maximum absolute atomic E-state index is 11.5. The molecular weight excluding hydrogens is 300 g/mol. The maximum Gasteiger partial charge on any atom is 0.191 e. The Morgan fingerprint density at radius 3 is 2.50 bits per heavy atom. The Kier molecular flexibility index (Phi) is 6.09.